The highest BCUT2D eigenvalue weighted by atomic mass is 32.2. The highest BCUT2D eigenvalue weighted by molar-refractivity contribution is 7.90. The Kier molecular flexibility index (Phi) is 4.79. The van der Waals surface area contributed by atoms with E-state index < -0.39 is 15.3 Å². The van der Waals surface area contributed by atoms with Crippen molar-refractivity contribution in [2.45, 2.75) is 4.90 Å². The molecule has 0 amide bonds. The van der Waals surface area contributed by atoms with Crippen LogP contribution >= 0.6 is 0 Å². The average molecular weight is 375 g/mol. The third-order valence-electron chi connectivity index (χ3n) is 4.34. The van der Waals surface area contributed by atoms with Gasteiger partial charge in [0, 0.05) is 18.0 Å². The number of nitrogens with zero attached hydrogens (tertiary/aromatic N) is 1. The van der Waals surface area contributed by atoms with Gasteiger partial charge < -0.3 is 10.2 Å². The predicted octanol–water partition coefficient (Wildman–Crippen LogP) is 2.08. The van der Waals surface area contributed by atoms with E-state index in [0.717, 1.165) is 6.26 Å². The van der Waals surface area contributed by atoms with E-state index in [9.17, 15) is 23.0 Å². The quantitative estimate of drug-likeness (QED) is 0.835. The van der Waals surface area contributed by atoms with Gasteiger partial charge >= 0.3 is 0 Å². The third-order valence-corrected chi connectivity index (χ3v) is 5.44. The molecule has 0 bridgehead atoms. The van der Waals surface area contributed by atoms with Crippen LogP contribution in [0.1, 0.15) is 11.3 Å². The van der Waals surface area contributed by atoms with Crippen LogP contribution in [0.3, 0.4) is 0 Å². The summed E-state index contributed by atoms with van der Waals surface area (Å²) < 4.78 is 36.5. The Morgan fingerprint density at radius 2 is 1.62 bits per heavy atom. The van der Waals surface area contributed by atoms with E-state index in [-0.39, 0.29) is 23.9 Å². The Labute approximate surface area is 151 Å². The molecule has 1 aliphatic rings. The Bertz CT molecular complexity index is 973. The number of aliphatic hydroxyl groups excluding tert-OH is 2. The lowest BCUT2D eigenvalue weighted by atomic mass is 9.92. The molecule has 2 aromatic rings. The molecule has 0 aliphatic heterocycles. The number of allylic oxidation sites excluding steroid dienone is 2. The summed E-state index contributed by atoms with van der Waals surface area (Å²) in [6, 6.07) is 8.89. The fraction of sp³-hybridized carbons (Fsp3) is 0.211. The summed E-state index contributed by atoms with van der Waals surface area (Å²) in [5.74, 6) is -0.371. The molecule has 1 heterocycles. The van der Waals surface area contributed by atoms with Crippen LogP contribution in [0.15, 0.2) is 59.6 Å². The Hall–Kier alpha value is -2.35. The molecular formula is C19H18FNO4S. The fourth-order valence-corrected chi connectivity index (χ4v) is 3.40. The van der Waals surface area contributed by atoms with Gasteiger partial charge in [-0.15, -0.1) is 0 Å². The number of aromatic nitrogens is 1. The van der Waals surface area contributed by atoms with Crippen LogP contribution in [0.4, 0.5) is 4.39 Å². The zero-order valence-corrected chi connectivity index (χ0v) is 14.9. The molecule has 1 aromatic heterocycles. The van der Waals surface area contributed by atoms with Crippen LogP contribution < -0.4 is 0 Å². The van der Waals surface area contributed by atoms with Crippen molar-refractivity contribution in [3.05, 3.63) is 71.8 Å². The molecule has 0 unspecified atom stereocenters. The summed E-state index contributed by atoms with van der Waals surface area (Å²) in [7, 11) is -3.36. The van der Waals surface area contributed by atoms with Gasteiger partial charge in [-0.05, 0) is 35.4 Å². The molecule has 1 aromatic carbocycles. The molecule has 3 rings (SSSR count). The molecule has 7 heteroatoms. The van der Waals surface area contributed by atoms with Crippen LogP contribution in [0.5, 0.6) is 0 Å². The van der Waals surface area contributed by atoms with E-state index in [0.29, 0.717) is 22.4 Å². The van der Waals surface area contributed by atoms with Gasteiger partial charge in [-0.2, -0.15) is 0 Å². The van der Waals surface area contributed by atoms with Crippen molar-refractivity contribution in [2.24, 2.45) is 5.41 Å². The van der Waals surface area contributed by atoms with E-state index in [1.165, 1.54) is 24.4 Å². The molecule has 136 valence electrons. The van der Waals surface area contributed by atoms with E-state index in [4.69, 9.17) is 0 Å². The number of benzene rings is 1. The first-order valence-corrected chi connectivity index (χ1v) is 9.77. The number of halogens is 1. The first-order valence-electron chi connectivity index (χ1n) is 7.88. The van der Waals surface area contributed by atoms with E-state index >= 15 is 0 Å². The van der Waals surface area contributed by atoms with Crippen LogP contribution in [-0.4, -0.2) is 43.1 Å². The first-order chi connectivity index (χ1) is 12.3. The van der Waals surface area contributed by atoms with Crippen LogP contribution in [0.25, 0.3) is 11.1 Å². The summed E-state index contributed by atoms with van der Waals surface area (Å²) in [5, 5.41) is 19.5. The summed E-state index contributed by atoms with van der Waals surface area (Å²) in [5.41, 5.74) is 1.57. The Balaban J connectivity index is 2.10. The smallest absolute Gasteiger partial charge is 0.177 e. The summed E-state index contributed by atoms with van der Waals surface area (Å²) in [6.07, 6.45) is 5.80. The third kappa shape index (κ3) is 3.46. The topological polar surface area (TPSA) is 87.5 Å². The van der Waals surface area contributed by atoms with E-state index in [2.05, 4.69) is 4.98 Å². The second kappa shape index (κ2) is 6.75. The minimum absolute atomic E-state index is 0.0998. The second-order valence-corrected chi connectivity index (χ2v) is 8.34. The van der Waals surface area contributed by atoms with Crippen molar-refractivity contribution in [3.63, 3.8) is 0 Å². The standard InChI is InChI=1S/C19H18FNO4S/c1-26(24,25)15-6-7-18(21-10-15)17-9-19(11-22,12-23)8-16(17)13-2-4-14(20)5-3-13/h2-10,22-23H,11-12H2,1H3. The number of aliphatic hydroxyl groups is 2. The molecule has 2 N–H and O–H groups in total. The van der Waals surface area contributed by atoms with Gasteiger partial charge in [-0.3, -0.25) is 4.98 Å². The van der Waals surface area contributed by atoms with Crippen molar-refractivity contribution >= 4 is 21.0 Å². The molecule has 0 saturated carbocycles. The maximum Gasteiger partial charge on any atom is 0.177 e. The zero-order valence-electron chi connectivity index (χ0n) is 14.1. The highest BCUT2D eigenvalue weighted by Crippen LogP contribution is 2.43. The summed E-state index contributed by atoms with van der Waals surface area (Å²) in [4.78, 5) is 4.33. The molecular weight excluding hydrogens is 357 g/mol. The zero-order chi connectivity index (χ0) is 18.9. The van der Waals surface area contributed by atoms with Crippen molar-refractivity contribution < 1.29 is 23.0 Å². The van der Waals surface area contributed by atoms with E-state index in [1.807, 2.05) is 0 Å². The molecule has 1 aliphatic carbocycles. The Morgan fingerprint density at radius 3 is 2.12 bits per heavy atom. The van der Waals surface area contributed by atoms with Gasteiger partial charge in [-0.25, -0.2) is 12.8 Å². The second-order valence-electron chi connectivity index (χ2n) is 6.32. The summed E-state index contributed by atoms with van der Waals surface area (Å²) in [6.45, 7) is -0.613. The molecule has 5 nitrogen and oxygen atoms in total. The van der Waals surface area contributed by atoms with Crippen molar-refractivity contribution in [1.29, 1.82) is 0 Å². The highest BCUT2D eigenvalue weighted by Gasteiger charge is 2.33. The lowest BCUT2D eigenvalue weighted by Crippen LogP contribution is -2.23. The molecule has 0 radical (unpaired) electrons. The molecule has 0 spiro atoms. The van der Waals surface area contributed by atoms with Crippen molar-refractivity contribution in [3.8, 4) is 0 Å². The van der Waals surface area contributed by atoms with Gasteiger partial charge in [0.15, 0.2) is 9.84 Å². The fourth-order valence-electron chi connectivity index (χ4n) is 2.84. The number of rotatable bonds is 5. The summed E-state index contributed by atoms with van der Waals surface area (Å²) >= 11 is 0. The van der Waals surface area contributed by atoms with Crippen molar-refractivity contribution in [1.82, 2.24) is 4.98 Å². The molecule has 0 fully saturated rings. The maximum absolute atomic E-state index is 13.3. The van der Waals surface area contributed by atoms with Crippen LogP contribution in [-0.2, 0) is 9.84 Å². The molecule has 26 heavy (non-hydrogen) atoms. The van der Waals surface area contributed by atoms with Gasteiger partial charge in [0.1, 0.15) is 5.82 Å². The van der Waals surface area contributed by atoms with Crippen LogP contribution in [0.2, 0.25) is 0 Å². The predicted molar refractivity (Wildman–Crippen MR) is 96.3 cm³/mol. The van der Waals surface area contributed by atoms with E-state index in [1.54, 1.807) is 30.4 Å². The SMILES string of the molecule is CS(=O)(=O)c1ccc(C2=CC(CO)(CO)C=C2c2ccc(F)cc2)nc1. The van der Waals surface area contributed by atoms with Gasteiger partial charge in [-0.1, -0.05) is 24.3 Å². The largest absolute Gasteiger partial charge is 0.395 e. The molecule has 0 atom stereocenters. The average Bonchev–Trinajstić information content (AvgIpc) is 3.02. The van der Waals surface area contributed by atoms with Gasteiger partial charge in [0.2, 0.25) is 0 Å². The minimum Gasteiger partial charge on any atom is -0.395 e. The first kappa shape index (κ1) is 18.4. The Morgan fingerprint density at radius 1 is 1.00 bits per heavy atom. The monoisotopic (exact) mass is 375 g/mol. The molecule has 0 saturated heterocycles. The lowest BCUT2D eigenvalue weighted by molar-refractivity contribution is 0.131. The number of hydrogen-bond acceptors (Lipinski definition) is 5. The number of pyridine rings is 1. The van der Waals surface area contributed by atoms with Gasteiger partial charge in [0.25, 0.3) is 0 Å². The van der Waals surface area contributed by atoms with Crippen LogP contribution in [0, 0.1) is 11.2 Å². The maximum atomic E-state index is 13.3. The number of hydrogen-bond donors (Lipinski definition) is 2. The van der Waals surface area contributed by atoms with Gasteiger partial charge in [0.05, 0.1) is 29.2 Å². The minimum atomic E-state index is -3.36. The lowest BCUT2D eigenvalue weighted by Gasteiger charge is -2.18. The number of sulfone groups is 1. The normalized spacial score (nSPS) is 16.3. The van der Waals surface area contributed by atoms with Crippen molar-refractivity contribution in [2.75, 3.05) is 19.5 Å².